The van der Waals surface area contributed by atoms with Gasteiger partial charge in [-0.1, -0.05) is 0 Å². The van der Waals surface area contributed by atoms with Crippen LogP contribution in [0.1, 0.15) is 20.8 Å². The third kappa shape index (κ3) is 1.94. The minimum Gasteiger partial charge on any atom is -0.785 e. The minimum absolute atomic E-state index is 0.0145. The Morgan fingerprint density at radius 2 is 2.20 bits per heavy atom. The number of piperazine rings is 1. The highest BCUT2D eigenvalue weighted by atomic mass is 16.5. The summed E-state index contributed by atoms with van der Waals surface area (Å²) in [5.74, 6) is 0. The molecular formula is C7H15N2O-. The van der Waals surface area contributed by atoms with Crippen molar-refractivity contribution in [1.82, 2.24) is 10.4 Å². The van der Waals surface area contributed by atoms with Gasteiger partial charge in [-0.15, -0.1) is 0 Å². The zero-order valence-electron chi connectivity index (χ0n) is 6.85. The first kappa shape index (κ1) is 7.98. The molecule has 10 heavy (non-hydrogen) atoms. The summed E-state index contributed by atoms with van der Waals surface area (Å²) in [6, 6.07) is 0.321. The lowest BCUT2D eigenvalue weighted by Crippen LogP contribution is -2.59. The van der Waals surface area contributed by atoms with Gasteiger partial charge < -0.3 is 15.6 Å². The van der Waals surface area contributed by atoms with Crippen molar-refractivity contribution in [3.8, 4) is 0 Å². The Kier molecular flexibility index (Phi) is 1.99. The molecule has 0 aromatic rings. The van der Waals surface area contributed by atoms with Crippen molar-refractivity contribution in [2.75, 3.05) is 13.1 Å². The second-order valence-corrected chi connectivity index (χ2v) is 3.75. The van der Waals surface area contributed by atoms with Gasteiger partial charge in [0, 0.05) is 24.7 Å². The molecule has 1 N–H and O–H groups in total. The predicted octanol–water partition coefficient (Wildman–Crippen LogP) is 0.556. The normalized spacial score (nSPS) is 34.2. The van der Waals surface area contributed by atoms with Crippen molar-refractivity contribution in [3.63, 3.8) is 0 Å². The molecule has 0 radical (unpaired) electrons. The third-order valence-electron chi connectivity index (χ3n) is 1.69. The van der Waals surface area contributed by atoms with Gasteiger partial charge in [-0.2, -0.15) is 0 Å². The van der Waals surface area contributed by atoms with Crippen molar-refractivity contribution in [2.24, 2.45) is 0 Å². The van der Waals surface area contributed by atoms with Crippen LogP contribution in [-0.4, -0.2) is 29.7 Å². The maximum atomic E-state index is 11.0. The fourth-order valence-corrected chi connectivity index (χ4v) is 1.57. The van der Waals surface area contributed by atoms with Crippen LogP contribution in [0.4, 0.5) is 0 Å². The summed E-state index contributed by atoms with van der Waals surface area (Å²) < 4.78 is 0. The minimum atomic E-state index is -0.0145. The van der Waals surface area contributed by atoms with Crippen LogP contribution >= 0.6 is 0 Å². The molecule has 0 bridgehead atoms. The molecule has 1 rings (SSSR count). The highest BCUT2D eigenvalue weighted by Crippen LogP contribution is 2.11. The maximum Gasteiger partial charge on any atom is 0.0245 e. The molecule has 1 aliphatic rings. The molecule has 1 aliphatic heterocycles. The molecule has 1 heterocycles. The molecule has 0 aliphatic carbocycles. The van der Waals surface area contributed by atoms with E-state index < -0.39 is 0 Å². The molecule has 3 heteroatoms. The highest BCUT2D eigenvalue weighted by molar-refractivity contribution is 4.90. The Hall–Kier alpha value is -0.120. The van der Waals surface area contributed by atoms with Crippen LogP contribution in [0, 0.1) is 5.21 Å². The molecule has 0 amide bonds. The van der Waals surface area contributed by atoms with Gasteiger partial charge in [0.25, 0.3) is 0 Å². The first-order valence-electron chi connectivity index (χ1n) is 3.69. The van der Waals surface area contributed by atoms with Crippen LogP contribution in [0.25, 0.3) is 0 Å². The lowest BCUT2D eigenvalue weighted by atomic mass is 10.0. The van der Waals surface area contributed by atoms with Gasteiger partial charge in [0.2, 0.25) is 0 Å². The van der Waals surface area contributed by atoms with E-state index in [0.717, 1.165) is 5.06 Å². The van der Waals surface area contributed by atoms with E-state index in [2.05, 4.69) is 5.32 Å². The van der Waals surface area contributed by atoms with Crippen LogP contribution in [0.15, 0.2) is 0 Å². The van der Waals surface area contributed by atoms with E-state index in [1.807, 2.05) is 20.8 Å². The fourth-order valence-electron chi connectivity index (χ4n) is 1.57. The summed E-state index contributed by atoms with van der Waals surface area (Å²) in [4.78, 5) is 0. The van der Waals surface area contributed by atoms with Gasteiger partial charge >= 0.3 is 0 Å². The number of hydroxylamine groups is 2. The van der Waals surface area contributed by atoms with Crippen LogP contribution in [0.2, 0.25) is 0 Å². The van der Waals surface area contributed by atoms with Gasteiger partial charge in [-0.3, -0.25) is 0 Å². The van der Waals surface area contributed by atoms with Crippen LogP contribution in [0.5, 0.6) is 0 Å². The lowest BCUT2D eigenvalue weighted by molar-refractivity contribution is 0.168. The van der Waals surface area contributed by atoms with E-state index in [1.165, 1.54) is 0 Å². The standard InChI is InChI=1S/C7H15N2O/c1-6-4-9(10)5-7(2,3)8-6/h6,8H,4-5H2,1-3H3/q-1. The van der Waals surface area contributed by atoms with Gasteiger partial charge in [0.15, 0.2) is 0 Å². The summed E-state index contributed by atoms with van der Waals surface area (Å²) in [6.45, 7) is 7.34. The molecule has 1 atom stereocenters. The third-order valence-corrected chi connectivity index (χ3v) is 1.69. The van der Waals surface area contributed by atoms with Gasteiger partial charge in [-0.25, -0.2) is 0 Å². The topological polar surface area (TPSA) is 38.3 Å². The van der Waals surface area contributed by atoms with Crippen molar-refractivity contribution < 1.29 is 0 Å². The Labute approximate surface area is 62.0 Å². The van der Waals surface area contributed by atoms with E-state index >= 15 is 0 Å². The maximum absolute atomic E-state index is 11.0. The molecule has 1 fully saturated rings. The molecular weight excluding hydrogens is 128 g/mol. The number of nitrogens with zero attached hydrogens (tertiary/aromatic N) is 1. The van der Waals surface area contributed by atoms with Crippen LogP contribution < -0.4 is 5.32 Å². The SMILES string of the molecule is CC1CN([O-])CC(C)(C)N1. The molecule has 3 nitrogen and oxygen atoms in total. The number of rotatable bonds is 0. The van der Waals surface area contributed by atoms with E-state index in [4.69, 9.17) is 0 Å². The largest absolute Gasteiger partial charge is 0.785 e. The lowest BCUT2D eigenvalue weighted by Gasteiger charge is -2.46. The first-order chi connectivity index (χ1) is 4.49. The summed E-state index contributed by atoms with van der Waals surface area (Å²) in [7, 11) is 0. The Morgan fingerprint density at radius 1 is 1.60 bits per heavy atom. The second kappa shape index (κ2) is 2.49. The molecule has 0 aromatic heterocycles. The predicted molar refractivity (Wildman–Crippen MR) is 41.6 cm³/mol. The number of nitrogens with one attached hydrogen (secondary N) is 1. The zero-order valence-corrected chi connectivity index (χ0v) is 6.85. The average molecular weight is 143 g/mol. The molecule has 60 valence electrons. The number of hydrogen-bond acceptors (Lipinski definition) is 3. The van der Waals surface area contributed by atoms with E-state index in [0.29, 0.717) is 19.1 Å². The van der Waals surface area contributed by atoms with E-state index in [-0.39, 0.29) is 5.54 Å². The zero-order chi connectivity index (χ0) is 7.78. The van der Waals surface area contributed by atoms with Crippen LogP contribution in [-0.2, 0) is 0 Å². The van der Waals surface area contributed by atoms with Crippen molar-refractivity contribution in [2.45, 2.75) is 32.4 Å². The van der Waals surface area contributed by atoms with Crippen molar-refractivity contribution in [1.29, 1.82) is 0 Å². The van der Waals surface area contributed by atoms with Gasteiger partial charge in [-0.05, 0) is 20.8 Å². The molecule has 0 saturated carbocycles. The smallest absolute Gasteiger partial charge is 0.0245 e. The van der Waals surface area contributed by atoms with E-state index in [9.17, 15) is 5.21 Å². The van der Waals surface area contributed by atoms with Crippen LogP contribution in [0.3, 0.4) is 0 Å². The van der Waals surface area contributed by atoms with Crippen molar-refractivity contribution in [3.05, 3.63) is 5.21 Å². The number of hydrogen-bond donors (Lipinski definition) is 1. The molecule has 1 unspecified atom stereocenters. The van der Waals surface area contributed by atoms with Crippen molar-refractivity contribution >= 4 is 0 Å². The van der Waals surface area contributed by atoms with E-state index in [1.54, 1.807) is 0 Å². The monoisotopic (exact) mass is 143 g/mol. The summed E-state index contributed by atoms with van der Waals surface area (Å²) in [5, 5.41) is 15.4. The Balaban J connectivity index is 2.51. The fraction of sp³-hybridized carbons (Fsp3) is 1.00. The first-order valence-corrected chi connectivity index (χ1v) is 3.69. The average Bonchev–Trinajstić information content (AvgIpc) is 1.54. The second-order valence-electron chi connectivity index (χ2n) is 3.75. The highest BCUT2D eigenvalue weighted by Gasteiger charge is 2.24. The molecule has 0 spiro atoms. The van der Waals surface area contributed by atoms with Gasteiger partial charge in [0.1, 0.15) is 0 Å². The quantitative estimate of drug-likeness (QED) is 0.538. The Bertz CT molecular complexity index is 113. The molecule has 1 saturated heterocycles. The Morgan fingerprint density at radius 3 is 2.60 bits per heavy atom. The summed E-state index contributed by atoms with van der Waals surface area (Å²) >= 11 is 0. The summed E-state index contributed by atoms with van der Waals surface area (Å²) in [5.41, 5.74) is -0.0145. The molecule has 0 aromatic carbocycles. The van der Waals surface area contributed by atoms with Gasteiger partial charge in [0.05, 0.1) is 0 Å². The summed E-state index contributed by atoms with van der Waals surface area (Å²) in [6.07, 6.45) is 0.